The van der Waals surface area contributed by atoms with Crippen LogP contribution in [-0.2, 0) is 9.47 Å². The van der Waals surface area contributed by atoms with E-state index in [4.69, 9.17) is 9.47 Å². The van der Waals surface area contributed by atoms with Crippen molar-refractivity contribution in [2.75, 3.05) is 13.2 Å². The minimum atomic E-state index is -0.678. The molecule has 0 saturated carbocycles. The van der Waals surface area contributed by atoms with Crippen LogP contribution in [0.1, 0.15) is 34.6 Å². The number of rotatable bonds is 6. The van der Waals surface area contributed by atoms with Gasteiger partial charge in [0.15, 0.2) is 0 Å². The van der Waals surface area contributed by atoms with Gasteiger partial charge in [0.05, 0.1) is 29.3 Å². The molecule has 126 valence electrons. The van der Waals surface area contributed by atoms with Crippen molar-refractivity contribution in [1.29, 1.82) is 0 Å². The standard InChI is InChI=1S/C16H16N2O6/c1-3-23-15(19)10-5-6-11(12(9-10)16(20)24-4-2)14-13(18(21)22)7-8-17-14/h5-9,17H,3-4H2,1-2H3. The number of hydrogen-bond acceptors (Lipinski definition) is 6. The number of carbonyl (C=O) groups excluding carboxylic acids is 2. The molecule has 1 aromatic carbocycles. The van der Waals surface area contributed by atoms with Crippen LogP contribution in [0.3, 0.4) is 0 Å². The van der Waals surface area contributed by atoms with E-state index in [1.165, 1.54) is 30.5 Å². The molecule has 1 N–H and O–H groups in total. The topological polar surface area (TPSA) is 112 Å². The summed E-state index contributed by atoms with van der Waals surface area (Å²) in [7, 11) is 0. The third kappa shape index (κ3) is 3.43. The Labute approximate surface area is 137 Å². The lowest BCUT2D eigenvalue weighted by molar-refractivity contribution is -0.384. The van der Waals surface area contributed by atoms with Crippen LogP contribution in [0.2, 0.25) is 0 Å². The number of nitrogens with zero attached hydrogens (tertiary/aromatic N) is 1. The van der Waals surface area contributed by atoms with Crippen LogP contribution in [0.25, 0.3) is 11.3 Å². The smallest absolute Gasteiger partial charge is 0.338 e. The monoisotopic (exact) mass is 332 g/mol. The van der Waals surface area contributed by atoms with E-state index in [0.29, 0.717) is 0 Å². The fourth-order valence-corrected chi connectivity index (χ4v) is 2.21. The summed E-state index contributed by atoms with van der Waals surface area (Å²) in [6.07, 6.45) is 1.40. The van der Waals surface area contributed by atoms with Crippen molar-refractivity contribution in [2.45, 2.75) is 13.8 Å². The molecule has 0 spiro atoms. The third-order valence-electron chi connectivity index (χ3n) is 3.22. The molecule has 0 unspecified atom stereocenters. The second-order valence-electron chi connectivity index (χ2n) is 4.70. The molecule has 2 rings (SSSR count). The summed E-state index contributed by atoms with van der Waals surface area (Å²) < 4.78 is 9.89. The number of carbonyl (C=O) groups is 2. The molecule has 0 aliphatic rings. The van der Waals surface area contributed by atoms with Gasteiger partial charge in [-0.05, 0) is 26.0 Å². The zero-order valence-electron chi connectivity index (χ0n) is 13.2. The van der Waals surface area contributed by atoms with Crippen molar-refractivity contribution >= 4 is 17.6 Å². The van der Waals surface area contributed by atoms with E-state index >= 15 is 0 Å². The van der Waals surface area contributed by atoms with Gasteiger partial charge >= 0.3 is 11.9 Å². The van der Waals surface area contributed by atoms with Gasteiger partial charge in [0.2, 0.25) is 0 Å². The van der Waals surface area contributed by atoms with Gasteiger partial charge in [-0.25, -0.2) is 9.59 Å². The number of H-pyrrole nitrogens is 1. The zero-order chi connectivity index (χ0) is 17.7. The van der Waals surface area contributed by atoms with E-state index in [2.05, 4.69) is 4.98 Å². The van der Waals surface area contributed by atoms with Crippen molar-refractivity contribution < 1.29 is 24.0 Å². The highest BCUT2D eigenvalue weighted by Crippen LogP contribution is 2.32. The highest BCUT2D eigenvalue weighted by molar-refractivity contribution is 6.01. The van der Waals surface area contributed by atoms with E-state index in [1.54, 1.807) is 13.8 Å². The Kier molecular flexibility index (Phi) is 5.31. The predicted octanol–water partition coefficient (Wildman–Crippen LogP) is 2.94. The maximum Gasteiger partial charge on any atom is 0.338 e. The Morgan fingerprint density at radius 2 is 1.79 bits per heavy atom. The van der Waals surface area contributed by atoms with Crippen LogP contribution < -0.4 is 0 Å². The predicted molar refractivity (Wildman–Crippen MR) is 84.8 cm³/mol. The summed E-state index contributed by atoms with van der Waals surface area (Å²) in [5.74, 6) is -1.27. The normalized spacial score (nSPS) is 10.2. The van der Waals surface area contributed by atoms with Crippen LogP contribution >= 0.6 is 0 Å². The first-order valence-electron chi connectivity index (χ1n) is 7.30. The molecule has 0 amide bonds. The number of nitro groups is 1. The molecule has 0 aliphatic carbocycles. The molecule has 0 fully saturated rings. The average molecular weight is 332 g/mol. The van der Waals surface area contributed by atoms with E-state index in [1.807, 2.05) is 0 Å². The van der Waals surface area contributed by atoms with Crippen LogP contribution in [0.15, 0.2) is 30.5 Å². The molecule has 0 atom stereocenters. The van der Waals surface area contributed by atoms with Crippen molar-refractivity contribution in [3.8, 4) is 11.3 Å². The van der Waals surface area contributed by atoms with Gasteiger partial charge in [0.1, 0.15) is 5.69 Å². The first-order valence-corrected chi connectivity index (χ1v) is 7.30. The Hall–Kier alpha value is -3.16. The molecule has 0 saturated heterocycles. The summed E-state index contributed by atoms with van der Waals surface area (Å²) in [6.45, 7) is 3.64. The van der Waals surface area contributed by atoms with Gasteiger partial charge in [0.25, 0.3) is 5.69 Å². The summed E-state index contributed by atoms with van der Waals surface area (Å²) in [6, 6.07) is 5.51. The maximum absolute atomic E-state index is 12.2. The molecule has 0 bridgehead atoms. The molecule has 8 heteroatoms. The minimum absolute atomic E-state index is 0.0490. The number of ether oxygens (including phenoxy) is 2. The number of aromatic nitrogens is 1. The van der Waals surface area contributed by atoms with E-state index in [0.717, 1.165) is 0 Å². The second kappa shape index (κ2) is 7.40. The van der Waals surface area contributed by atoms with Gasteiger partial charge in [-0.1, -0.05) is 6.07 Å². The molecule has 2 aromatic rings. The quantitative estimate of drug-likeness (QED) is 0.494. The lowest BCUT2D eigenvalue weighted by Gasteiger charge is -2.10. The van der Waals surface area contributed by atoms with Gasteiger partial charge in [0, 0.05) is 17.8 Å². The van der Waals surface area contributed by atoms with Crippen LogP contribution in [-0.4, -0.2) is 35.1 Å². The second-order valence-corrected chi connectivity index (χ2v) is 4.70. The Morgan fingerprint density at radius 3 is 2.42 bits per heavy atom. The zero-order valence-corrected chi connectivity index (χ0v) is 13.2. The molecule has 1 heterocycles. The summed E-state index contributed by atoms with van der Waals surface area (Å²) in [5.41, 5.74) is 0.479. The summed E-state index contributed by atoms with van der Waals surface area (Å²) >= 11 is 0. The number of benzene rings is 1. The largest absolute Gasteiger partial charge is 0.462 e. The molecule has 8 nitrogen and oxygen atoms in total. The fourth-order valence-electron chi connectivity index (χ4n) is 2.21. The summed E-state index contributed by atoms with van der Waals surface area (Å²) in [4.78, 5) is 37.4. The van der Waals surface area contributed by atoms with E-state index < -0.39 is 16.9 Å². The molecule has 0 radical (unpaired) electrons. The third-order valence-corrected chi connectivity index (χ3v) is 3.22. The van der Waals surface area contributed by atoms with E-state index in [-0.39, 0.29) is 41.3 Å². The van der Waals surface area contributed by atoms with Crippen molar-refractivity contribution in [3.63, 3.8) is 0 Å². The highest BCUT2D eigenvalue weighted by atomic mass is 16.6. The van der Waals surface area contributed by atoms with Crippen LogP contribution in [0.4, 0.5) is 5.69 Å². The minimum Gasteiger partial charge on any atom is -0.462 e. The first kappa shape index (κ1) is 17.2. The highest BCUT2D eigenvalue weighted by Gasteiger charge is 2.24. The Bertz CT molecular complexity index is 781. The maximum atomic E-state index is 12.2. The molecule has 1 aromatic heterocycles. The SMILES string of the molecule is CCOC(=O)c1ccc(-c2[nH]ccc2[N+](=O)[O-])c(C(=O)OCC)c1. The van der Waals surface area contributed by atoms with Crippen molar-refractivity contribution in [2.24, 2.45) is 0 Å². The number of hydrogen-bond donors (Lipinski definition) is 1. The number of aromatic amines is 1. The van der Waals surface area contributed by atoms with Gasteiger partial charge in [-0.2, -0.15) is 0 Å². The lowest BCUT2D eigenvalue weighted by atomic mass is 10.0. The Morgan fingerprint density at radius 1 is 1.12 bits per heavy atom. The average Bonchev–Trinajstić information content (AvgIpc) is 3.04. The Balaban J connectivity index is 2.58. The van der Waals surface area contributed by atoms with Crippen molar-refractivity contribution in [1.82, 2.24) is 4.98 Å². The van der Waals surface area contributed by atoms with Crippen LogP contribution in [0.5, 0.6) is 0 Å². The molecule has 0 aliphatic heterocycles. The van der Waals surface area contributed by atoms with E-state index in [9.17, 15) is 19.7 Å². The van der Waals surface area contributed by atoms with Gasteiger partial charge < -0.3 is 14.5 Å². The molecule has 24 heavy (non-hydrogen) atoms. The van der Waals surface area contributed by atoms with Gasteiger partial charge in [-0.3, -0.25) is 10.1 Å². The lowest BCUT2D eigenvalue weighted by Crippen LogP contribution is -2.11. The fraction of sp³-hybridized carbons (Fsp3) is 0.250. The van der Waals surface area contributed by atoms with Crippen LogP contribution in [0, 0.1) is 10.1 Å². The van der Waals surface area contributed by atoms with Crippen molar-refractivity contribution in [3.05, 3.63) is 51.7 Å². The summed E-state index contributed by atoms with van der Waals surface area (Å²) in [5, 5.41) is 11.1. The number of nitrogens with one attached hydrogen (secondary N) is 1. The molecular formula is C16H16N2O6. The number of esters is 2. The molecular weight excluding hydrogens is 316 g/mol. The van der Waals surface area contributed by atoms with Gasteiger partial charge in [-0.15, -0.1) is 0 Å². The first-order chi connectivity index (χ1) is 11.5.